The van der Waals surface area contributed by atoms with Crippen molar-refractivity contribution in [3.8, 4) is 0 Å². The molecule has 0 spiro atoms. The Labute approximate surface area is 108 Å². The van der Waals surface area contributed by atoms with Crippen molar-refractivity contribution in [3.63, 3.8) is 0 Å². The van der Waals surface area contributed by atoms with E-state index in [4.69, 9.17) is 11.6 Å². The number of halogens is 1. The van der Waals surface area contributed by atoms with Gasteiger partial charge in [-0.25, -0.2) is 8.42 Å². The maximum atomic E-state index is 11.6. The fourth-order valence-corrected chi connectivity index (χ4v) is 2.83. The van der Waals surface area contributed by atoms with E-state index in [-0.39, 0.29) is 0 Å². The molecule has 0 fully saturated rings. The molecule has 0 aliphatic carbocycles. The molecule has 1 N–H and O–H groups in total. The molecule has 1 rings (SSSR count). The van der Waals surface area contributed by atoms with Gasteiger partial charge in [0.25, 0.3) is 0 Å². The molecule has 0 bridgehead atoms. The van der Waals surface area contributed by atoms with Crippen molar-refractivity contribution in [2.75, 3.05) is 12.8 Å². The quantitative estimate of drug-likeness (QED) is 0.812. The van der Waals surface area contributed by atoms with Gasteiger partial charge in [0, 0.05) is 23.4 Å². The summed E-state index contributed by atoms with van der Waals surface area (Å²) in [6.07, 6.45) is 3.38. The lowest BCUT2D eigenvalue weighted by Crippen LogP contribution is -2.17. The molecule has 0 aliphatic rings. The van der Waals surface area contributed by atoms with Crippen molar-refractivity contribution in [1.29, 1.82) is 0 Å². The zero-order valence-corrected chi connectivity index (χ0v) is 11.7. The summed E-state index contributed by atoms with van der Waals surface area (Å²) >= 11 is 6.04. The van der Waals surface area contributed by atoms with Crippen LogP contribution in [0.1, 0.15) is 25.3 Å². The van der Waals surface area contributed by atoms with Crippen molar-refractivity contribution < 1.29 is 8.42 Å². The molecule has 1 aromatic rings. The second-order valence-electron chi connectivity index (χ2n) is 4.02. The molecular formula is C12H18ClNO2S. The molecule has 5 heteroatoms. The third kappa shape index (κ3) is 4.30. The first-order chi connectivity index (χ1) is 7.96. The molecule has 0 radical (unpaired) electrons. The summed E-state index contributed by atoms with van der Waals surface area (Å²) in [5.41, 5.74) is 0.660. The molecule has 0 saturated carbocycles. The highest BCUT2D eigenvalue weighted by atomic mass is 35.5. The van der Waals surface area contributed by atoms with Gasteiger partial charge in [-0.05, 0) is 25.1 Å². The number of benzene rings is 1. The standard InChI is InChI=1S/C12H18ClNO2S/c1-3-4-8-14-9-10-11(13)6-5-7-12(10)17(2,15)16/h5-7,14H,3-4,8-9H2,1-2H3. The van der Waals surface area contributed by atoms with Gasteiger partial charge in [-0.1, -0.05) is 31.0 Å². The van der Waals surface area contributed by atoms with Crippen LogP contribution in [0.2, 0.25) is 5.02 Å². The number of unbranched alkanes of at least 4 members (excludes halogenated alkanes) is 1. The van der Waals surface area contributed by atoms with Crippen molar-refractivity contribution in [2.45, 2.75) is 31.2 Å². The van der Waals surface area contributed by atoms with E-state index in [0.717, 1.165) is 19.4 Å². The molecule has 17 heavy (non-hydrogen) atoms. The van der Waals surface area contributed by atoms with Crippen molar-refractivity contribution in [2.24, 2.45) is 0 Å². The van der Waals surface area contributed by atoms with Gasteiger partial charge in [-0.2, -0.15) is 0 Å². The van der Waals surface area contributed by atoms with Crippen molar-refractivity contribution in [1.82, 2.24) is 5.32 Å². The molecule has 0 atom stereocenters. The molecule has 0 amide bonds. The number of nitrogens with one attached hydrogen (secondary N) is 1. The van der Waals surface area contributed by atoms with Crippen LogP contribution in [0.25, 0.3) is 0 Å². The average Bonchev–Trinajstić information content (AvgIpc) is 2.24. The second-order valence-corrected chi connectivity index (χ2v) is 6.41. The molecule has 0 aromatic heterocycles. The minimum atomic E-state index is -3.22. The summed E-state index contributed by atoms with van der Waals surface area (Å²) in [6, 6.07) is 4.97. The minimum Gasteiger partial charge on any atom is -0.313 e. The zero-order chi connectivity index (χ0) is 12.9. The molecule has 0 saturated heterocycles. The smallest absolute Gasteiger partial charge is 0.175 e. The second kappa shape index (κ2) is 6.38. The van der Waals surface area contributed by atoms with Gasteiger partial charge in [0.2, 0.25) is 0 Å². The summed E-state index contributed by atoms with van der Waals surface area (Å²) < 4.78 is 23.2. The molecule has 0 unspecified atom stereocenters. The van der Waals surface area contributed by atoms with E-state index in [0.29, 0.717) is 22.0 Å². The Morgan fingerprint density at radius 1 is 1.35 bits per heavy atom. The van der Waals surface area contributed by atoms with E-state index in [1.807, 2.05) is 0 Å². The van der Waals surface area contributed by atoms with Crippen LogP contribution in [0.4, 0.5) is 0 Å². The van der Waals surface area contributed by atoms with Gasteiger partial charge in [0.1, 0.15) is 0 Å². The highest BCUT2D eigenvalue weighted by molar-refractivity contribution is 7.90. The lowest BCUT2D eigenvalue weighted by Gasteiger charge is -2.10. The van der Waals surface area contributed by atoms with Gasteiger partial charge in [0.05, 0.1) is 4.90 Å². The summed E-state index contributed by atoms with van der Waals surface area (Å²) in [7, 11) is -3.22. The fraction of sp³-hybridized carbons (Fsp3) is 0.500. The zero-order valence-electron chi connectivity index (χ0n) is 10.2. The van der Waals surface area contributed by atoms with Crippen LogP contribution in [0.15, 0.2) is 23.1 Å². The van der Waals surface area contributed by atoms with Crippen LogP contribution in [-0.4, -0.2) is 21.2 Å². The Hall–Kier alpha value is -0.580. The van der Waals surface area contributed by atoms with Gasteiger partial charge in [0.15, 0.2) is 9.84 Å². The predicted octanol–water partition coefficient (Wildman–Crippen LogP) is 2.63. The molecule has 1 aromatic carbocycles. The van der Waals surface area contributed by atoms with E-state index in [1.165, 1.54) is 6.26 Å². The Bertz CT molecular complexity index is 471. The van der Waals surface area contributed by atoms with Crippen LogP contribution >= 0.6 is 11.6 Å². The number of hydrogen-bond acceptors (Lipinski definition) is 3. The van der Waals surface area contributed by atoms with Crippen LogP contribution in [0.5, 0.6) is 0 Å². The topological polar surface area (TPSA) is 46.2 Å². The van der Waals surface area contributed by atoms with E-state index < -0.39 is 9.84 Å². The third-order valence-corrected chi connectivity index (χ3v) is 4.02. The highest BCUT2D eigenvalue weighted by Gasteiger charge is 2.15. The fourth-order valence-electron chi connectivity index (χ4n) is 1.57. The molecular weight excluding hydrogens is 258 g/mol. The molecule has 96 valence electrons. The maximum absolute atomic E-state index is 11.6. The van der Waals surface area contributed by atoms with Gasteiger partial charge < -0.3 is 5.32 Å². The highest BCUT2D eigenvalue weighted by Crippen LogP contribution is 2.23. The Morgan fingerprint density at radius 2 is 2.06 bits per heavy atom. The van der Waals surface area contributed by atoms with Gasteiger partial charge in [-0.15, -0.1) is 0 Å². The van der Waals surface area contributed by atoms with E-state index in [2.05, 4.69) is 12.2 Å². The summed E-state index contributed by atoms with van der Waals surface area (Å²) in [4.78, 5) is 0.314. The summed E-state index contributed by atoms with van der Waals surface area (Å²) in [5, 5.41) is 3.70. The Balaban J connectivity index is 2.89. The van der Waals surface area contributed by atoms with Gasteiger partial charge in [-0.3, -0.25) is 0 Å². The van der Waals surface area contributed by atoms with E-state index >= 15 is 0 Å². The van der Waals surface area contributed by atoms with E-state index in [9.17, 15) is 8.42 Å². The number of rotatable bonds is 6. The van der Waals surface area contributed by atoms with E-state index in [1.54, 1.807) is 18.2 Å². The molecule has 3 nitrogen and oxygen atoms in total. The monoisotopic (exact) mass is 275 g/mol. The molecule has 0 heterocycles. The summed E-state index contributed by atoms with van der Waals surface area (Å²) in [6.45, 7) is 3.46. The van der Waals surface area contributed by atoms with Crippen LogP contribution < -0.4 is 5.32 Å². The largest absolute Gasteiger partial charge is 0.313 e. The normalized spacial score (nSPS) is 11.7. The first kappa shape index (κ1) is 14.5. The van der Waals surface area contributed by atoms with Crippen molar-refractivity contribution >= 4 is 21.4 Å². The van der Waals surface area contributed by atoms with Crippen LogP contribution in [0.3, 0.4) is 0 Å². The predicted molar refractivity (Wildman–Crippen MR) is 71.2 cm³/mol. The Kier molecular flexibility index (Phi) is 5.43. The minimum absolute atomic E-state index is 0.314. The van der Waals surface area contributed by atoms with Crippen LogP contribution in [0, 0.1) is 0 Å². The lowest BCUT2D eigenvalue weighted by atomic mass is 10.2. The first-order valence-corrected chi connectivity index (χ1v) is 7.92. The van der Waals surface area contributed by atoms with Crippen molar-refractivity contribution in [3.05, 3.63) is 28.8 Å². The first-order valence-electron chi connectivity index (χ1n) is 5.65. The average molecular weight is 276 g/mol. The third-order valence-electron chi connectivity index (χ3n) is 2.48. The molecule has 0 aliphatic heterocycles. The Morgan fingerprint density at radius 3 is 2.65 bits per heavy atom. The SMILES string of the molecule is CCCCNCc1c(Cl)cccc1S(C)(=O)=O. The number of hydrogen-bond donors (Lipinski definition) is 1. The lowest BCUT2D eigenvalue weighted by molar-refractivity contribution is 0.596. The summed E-state index contributed by atoms with van der Waals surface area (Å²) in [5.74, 6) is 0. The maximum Gasteiger partial charge on any atom is 0.175 e. The van der Waals surface area contributed by atoms with Crippen LogP contribution in [-0.2, 0) is 16.4 Å². The van der Waals surface area contributed by atoms with Gasteiger partial charge >= 0.3 is 0 Å². The number of sulfone groups is 1.